The molecule has 0 unspecified atom stereocenters. The van der Waals surface area contributed by atoms with E-state index in [0.29, 0.717) is 6.04 Å². The van der Waals surface area contributed by atoms with Gasteiger partial charge in [0.05, 0.1) is 6.54 Å². The van der Waals surface area contributed by atoms with Crippen molar-refractivity contribution >= 4 is 11.9 Å². The summed E-state index contributed by atoms with van der Waals surface area (Å²) in [6, 6.07) is 0.0770. The fourth-order valence-corrected chi connectivity index (χ4v) is 2.63. The van der Waals surface area contributed by atoms with Crippen LogP contribution in [0.1, 0.15) is 25.7 Å². The molecule has 2 aliphatic rings. The SMILES string of the molecule is CN1CCN(C(=O)CNC(=O)NC2CCCC2)CC1. The summed E-state index contributed by atoms with van der Waals surface area (Å²) in [6.07, 6.45) is 4.48. The quantitative estimate of drug-likeness (QED) is 0.757. The molecule has 19 heavy (non-hydrogen) atoms. The van der Waals surface area contributed by atoms with Crippen LogP contribution in [-0.2, 0) is 4.79 Å². The number of carbonyl (C=O) groups is 2. The van der Waals surface area contributed by atoms with E-state index in [0.717, 1.165) is 39.0 Å². The Bertz CT molecular complexity index is 321. The maximum atomic E-state index is 11.9. The molecule has 6 heteroatoms. The van der Waals surface area contributed by atoms with Crippen molar-refractivity contribution in [2.75, 3.05) is 39.8 Å². The largest absolute Gasteiger partial charge is 0.339 e. The van der Waals surface area contributed by atoms with Crippen molar-refractivity contribution < 1.29 is 9.59 Å². The summed E-state index contributed by atoms with van der Waals surface area (Å²) in [5.41, 5.74) is 0. The Morgan fingerprint density at radius 2 is 1.74 bits per heavy atom. The van der Waals surface area contributed by atoms with E-state index < -0.39 is 0 Å². The summed E-state index contributed by atoms with van der Waals surface area (Å²) < 4.78 is 0. The normalized spacial score (nSPS) is 21.4. The second-order valence-electron chi connectivity index (χ2n) is 5.49. The second-order valence-corrected chi connectivity index (χ2v) is 5.49. The average Bonchev–Trinajstić information content (AvgIpc) is 2.89. The van der Waals surface area contributed by atoms with E-state index in [9.17, 15) is 9.59 Å². The minimum atomic E-state index is -0.214. The van der Waals surface area contributed by atoms with Crippen LogP contribution in [0.25, 0.3) is 0 Å². The molecule has 2 rings (SSSR count). The number of nitrogens with one attached hydrogen (secondary N) is 2. The predicted molar refractivity (Wildman–Crippen MR) is 72.9 cm³/mol. The number of piperazine rings is 1. The lowest BCUT2D eigenvalue weighted by Crippen LogP contribution is -2.51. The van der Waals surface area contributed by atoms with Gasteiger partial charge in [0.25, 0.3) is 0 Å². The molecular formula is C13H24N4O2. The summed E-state index contributed by atoms with van der Waals surface area (Å²) in [5.74, 6) is 0.00896. The van der Waals surface area contributed by atoms with Crippen molar-refractivity contribution in [3.8, 4) is 0 Å². The molecule has 0 radical (unpaired) electrons. The van der Waals surface area contributed by atoms with Crippen LogP contribution < -0.4 is 10.6 Å². The highest BCUT2D eigenvalue weighted by molar-refractivity contribution is 5.84. The molecule has 0 atom stereocenters. The van der Waals surface area contributed by atoms with Crippen molar-refractivity contribution in [3.63, 3.8) is 0 Å². The van der Waals surface area contributed by atoms with E-state index in [2.05, 4.69) is 22.6 Å². The molecule has 1 saturated carbocycles. The molecule has 108 valence electrons. The van der Waals surface area contributed by atoms with Crippen molar-refractivity contribution in [1.82, 2.24) is 20.4 Å². The number of nitrogens with zero attached hydrogens (tertiary/aromatic N) is 2. The highest BCUT2D eigenvalue weighted by atomic mass is 16.2. The highest BCUT2D eigenvalue weighted by Gasteiger charge is 2.20. The van der Waals surface area contributed by atoms with Crippen molar-refractivity contribution in [2.45, 2.75) is 31.7 Å². The van der Waals surface area contributed by atoms with Crippen LogP contribution in [0.15, 0.2) is 0 Å². The Morgan fingerprint density at radius 1 is 1.11 bits per heavy atom. The first-order valence-electron chi connectivity index (χ1n) is 7.16. The van der Waals surface area contributed by atoms with Gasteiger partial charge in [0, 0.05) is 32.2 Å². The lowest BCUT2D eigenvalue weighted by molar-refractivity contribution is -0.131. The summed E-state index contributed by atoms with van der Waals surface area (Å²) in [7, 11) is 2.05. The molecule has 2 N–H and O–H groups in total. The third-order valence-electron chi connectivity index (χ3n) is 3.95. The van der Waals surface area contributed by atoms with Crippen LogP contribution in [-0.4, -0.2) is 67.6 Å². The van der Waals surface area contributed by atoms with Gasteiger partial charge >= 0.3 is 6.03 Å². The standard InChI is InChI=1S/C13H24N4O2/c1-16-6-8-17(9-7-16)12(18)10-14-13(19)15-11-4-2-3-5-11/h11H,2-10H2,1H3,(H2,14,15,19). The molecule has 0 spiro atoms. The minimum Gasteiger partial charge on any atom is -0.339 e. The van der Waals surface area contributed by atoms with Crippen LogP contribution in [0, 0.1) is 0 Å². The zero-order chi connectivity index (χ0) is 13.7. The smallest absolute Gasteiger partial charge is 0.315 e. The molecule has 1 aliphatic carbocycles. The molecule has 0 aromatic rings. The third-order valence-corrected chi connectivity index (χ3v) is 3.95. The first-order chi connectivity index (χ1) is 9.15. The van der Waals surface area contributed by atoms with E-state index >= 15 is 0 Å². The average molecular weight is 268 g/mol. The first kappa shape index (κ1) is 14.1. The third kappa shape index (κ3) is 4.38. The van der Waals surface area contributed by atoms with E-state index in [1.165, 1.54) is 12.8 Å². The topological polar surface area (TPSA) is 64.7 Å². The molecule has 2 fully saturated rings. The monoisotopic (exact) mass is 268 g/mol. The van der Waals surface area contributed by atoms with E-state index in [1.54, 1.807) is 0 Å². The van der Waals surface area contributed by atoms with Gasteiger partial charge in [-0.05, 0) is 19.9 Å². The Balaban J connectivity index is 1.63. The number of hydrogen-bond acceptors (Lipinski definition) is 3. The molecule has 0 aromatic carbocycles. The maximum Gasteiger partial charge on any atom is 0.315 e. The van der Waals surface area contributed by atoms with Gasteiger partial charge in [-0.2, -0.15) is 0 Å². The number of urea groups is 1. The van der Waals surface area contributed by atoms with Gasteiger partial charge in [-0.3, -0.25) is 4.79 Å². The Hall–Kier alpha value is -1.30. The van der Waals surface area contributed by atoms with Gasteiger partial charge in [-0.1, -0.05) is 12.8 Å². The Kier molecular flexibility index (Phi) is 5.01. The van der Waals surface area contributed by atoms with Gasteiger partial charge < -0.3 is 20.4 Å². The molecule has 0 bridgehead atoms. The van der Waals surface area contributed by atoms with Gasteiger partial charge in [-0.25, -0.2) is 4.79 Å². The molecular weight excluding hydrogens is 244 g/mol. The van der Waals surface area contributed by atoms with Crippen LogP contribution in [0.3, 0.4) is 0 Å². The Morgan fingerprint density at radius 3 is 2.37 bits per heavy atom. The lowest BCUT2D eigenvalue weighted by Gasteiger charge is -2.32. The maximum absolute atomic E-state index is 11.9. The molecule has 1 saturated heterocycles. The van der Waals surface area contributed by atoms with Gasteiger partial charge in [-0.15, -0.1) is 0 Å². The molecule has 0 aromatic heterocycles. The van der Waals surface area contributed by atoms with Crippen LogP contribution in [0.4, 0.5) is 4.79 Å². The van der Waals surface area contributed by atoms with Crippen LogP contribution in [0.5, 0.6) is 0 Å². The number of hydrogen-bond donors (Lipinski definition) is 2. The fourth-order valence-electron chi connectivity index (χ4n) is 2.63. The van der Waals surface area contributed by atoms with Gasteiger partial charge in [0.1, 0.15) is 0 Å². The van der Waals surface area contributed by atoms with Crippen molar-refractivity contribution in [1.29, 1.82) is 0 Å². The van der Waals surface area contributed by atoms with Crippen LogP contribution >= 0.6 is 0 Å². The number of carbonyl (C=O) groups excluding carboxylic acids is 2. The minimum absolute atomic E-state index is 0.00896. The molecule has 1 aliphatic heterocycles. The molecule has 6 nitrogen and oxygen atoms in total. The van der Waals surface area contributed by atoms with E-state index in [-0.39, 0.29) is 18.5 Å². The summed E-state index contributed by atoms with van der Waals surface area (Å²) in [5, 5.41) is 5.58. The zero-order valence-electron chi connectivity index (χ0n) is 11.7. The summed E-state index contributed by atoms with van der Waals surface area (Å²) >= 11 is 0. The van der Waals surface area contributed by atoms with Crippen molar-refractivity contribution in [3.05, 3.63) is 0 Å². The number of rotatable bonds is 3. The lowest BCUT2D eigenvalue weighted by atomic mass is 10.2. The van der Waals surface area contributed by atoms with Crippen molar-refractivity contribution in [2.24, 2.45) is 0 Å². The fraction of sp³-hybridized carbons (Fsp3) is 0.846. The highest BCUT2D eigenvalue weighted by Crippen LogP contribution is 2.17. The molecule has 1 heterocycles. The zero-order valence-corrected chi connectivity index (χ0v) is 11.7. The number of amides is 3. The second kappa shape index (κ2) is 6.75. The van der Waals surface area contributed by atoms with E-state index in [4.69, 9.17) is 0 Å². The van der Waals surface area contributed by atoms with Gasteiger partial charge in [0.2, 0.25) is 5.91 Å². The number of likely N-dealkylation sites (N-methyl/N-ethyl adjacent to an activating group) is 1. The predicted octanol–water partition coefficient (Wildman–Crippen LogP) is 0.00220. The van der Waals surface area contributed by atoms with Crippen LogP contribution in [0.2, 0.25) is 0 Å². The van der Waals surface area contributed by atoms with E-state index in [1.807, 2.05) is 4.90 Å². The Labute approximate surface area is 114 Å². The summed E-state index contributed by atoms with van der Waals surface area (Å²) in [6.45, 7) is 3.41. The molecule has 3 amide bonds. The van der Waals surface area contributed by atoms with Gasteiger partial charge in [0.15, 0.2) is 0 Å². The summed E-state index contributed by atoms with van der Waals surface area (Å²) in [4.78, 5) is 27.6. The first-order valence-corrected chi connectivity index (χ1v) is 7.16.